The zero-order valence-electron chi connectivity index (χ0n) is 14.3. The lowest BCUT2D eigenvalue weighted by molar-refractivity contribution is 0.0601. The predicted molar refractivity (Wildman–Crippen MR) is 103 cm³/mol. The van der Waals surface area contributed by atoms with Crippen LogP contribution in [-0.4, -0.2) is 23.0 Å². The fourth-order valence-electron chi connectivity index (χ4n) is 2.34. The summed E-state index contributed by atoms with van der Waals surface area (Å²) in [7, 11) is 1.35. The first-order valence-corrected chi connectivity index (χ1v) is 8.25. The summed E-state index contributed by atoms with van der Waals surface area (Å²) < 4.78 is 4.74. The van der Waals surface area contributed by atoms with E-state index in [1.54, 1.807) is 30.3 Å². The first kappa shape index (κ1) is 17.7. The third-order valence-corrected chi connectivity index (χ3v) is 3.76. The normalized spacial score (nSPS) is 10.3. The standard InChI is InChI=1S/C19H17ClN4O2/c1-12-10-17(22-15-8-6-14(20)7-9-15)24-19(21-12)23-16-5-3-4-13(11-16)18(25)26-2/h3-11H,1-2H3,(H2,21,22,23,24). The minimum absolute atomic E-state index is 0.399. The number of ether oxygens (including phenoxy) is 1. The maximum atomic E-state index is 11.7. The van der Waals surface area contributed by atoms with Crippen molar-refractivity contribution in [3.05, 3.63) is 70.9 Å². The fraction of sp³-hybridized carbons (Fsp3) is 0.105. The molecule has 7 heteroatoms. The van der Waals surface area contributed by atoms with E-state index in [0.717, 1.165) is 11.4 Å². The number of hydrogen-bond acceptors (Lipinski definition) is 6. The first-order valence-electron chi connectivity index (χ1n) is 7.87. The fourth-order valence-corrected chi connectivity index (χ4v) is 2.47. The van der Waals surface area contributed by atoms with Crippen LogP contribution < -0.4 is 10.6 Å². The van der Waals surface area contributed by atoms with Crippen molar-refractivity contribution in [2.24, 2.45) is 0 Å². The molecule has 0 saturated heterocycles. The number of carbonyl (C=O) groups excluding carboxylic acids is 1. The largest absolute Gasteiger partial charge is 0.465 e. The number of methoxy groups -OCH3 is 1. The van der Waals surface area contributed by atoms with E-state index in [1.807, 2.05) is 31.2 Å². The second-order valence-corrected chi connectivity index (χ2v) is 5.98. The molecule has 0 atom stereocenters. The summed E-state index contributed by atoms with van der Waals surface area (Å²) in [6, 6.07) is 16.1. The van der Waals surface area contributed by atoms with E-state index in [-0.39, 0.29) is 0 Å². The van der Waals surface area contributed by atoms with Crippen LogP contribution in [0.1, 0.15) is 16.1 Å². The number of benzene rings is 2. The quantitative estimate of drug-likeness (QED) is 0.635. The van der Waals surface area contributed by atoms with Crippen molar-refractivity contribution in [1.82, 2.24) is 9.97 Å². The molecule has 0 radical (unpaired) electrons. The number of nitrogens with one attached hydrogen (secondary N) is 2. The monoisotopic (exact) mass is 368 g/mol. The second-order valence-electron chi connectivity index (χ2n) is 5.55. The average Bonchev–Trinajstić information content (AvgIpc) is 2.63. The number of aromatic nitrogens is 2. The zero-order valence-corrected chi connectivity index (χ0v) is 15.0. The van der Waals surface area contributed by atoms with Gasteiger partial charge in [0.05, 0.1) is 12.7 Å². The zero-order chi connectivity index (χ0) is 18.5. The molecule has 1 aromatic heterocycles. The van der Waals surface area contributed by atoms with E-state index in [4.69, 9.17) is 16.3 Å². The smallest absolute Gasteiger partial charge is 0.337 e. The number of halogens is 1. The highest BCUT2D eigenvalue weighted by atomic mass is 35.5. The lowest BCUT2D eigenvalue weighted by atomic mass is 10.2. The van der Waals surface area contributed by atoms with Gasteiger partial charge < -0.3 is 15.4 Å². The topological polar surface area (TPSA) is 76.1 Å². The van der Waals surface area contributed by atoms with E-state index in [1.165, 1.54) is 7.11 Å². The Kier molecular flexibility index (Phi) is 5.34. The van der Waals surface area contributed by atoms with Gasteiger partial charge in [0.1, 0.15) is 5.82 Å². The molecular weight excluding hydrogens is 352 g/mol. The van der Waals surface area contributed by atoms with Gasteiger partial charge in [-0.3, -0.25) is 0 Å². The van der Waals surface area contributed by atoms with Crippen LogP contribution in [0.25, 0.3) is 0 Å². The number of aryl methyl sites for hydroxylation is 1. The van der Waals surface area contributed by atoms with Gasteiger partial charge >= 0.3 is 5.97 Å². The molecule has 0 saturated carbocycles. The van der Waals surface area contributed by atoms with Gasteiger partial charge in [-0.2, -0.15) is 4.98 Å². The van der Waals surface area contributed by atoms with Crippen molar-refractivity contribution >= 4 is 40.7 Å². The van der Waals surface area contributed by atoms with Crippen LogP contribution in [0, 0.1) is 6.92 Å². The molecule has 0 bridgehead atoms. The number of rotatable bonds is 5. The van der Waals surface area contributed by atoms with Gasteiger partial charge in [0.25, 0.3) is 0 Å². The first-order chi connectivity index (χ1) is 12.5. The average molecular weight is 369 g/mol. The number of hydrogen-bond donors (Lipinski definition) is 2. The van der Waals surface area contributed by atoms with Crippen molar-refractivity contribution < 1.29 is 9.53 Å². The molecule has 0 aliphatic heterocycles. The molecule has 0 spiro atoms. The molecular formula is C19H17ClN4O2. The Bertz CT molecular complexity index is 929. The van der Waals surface area contributed by atoms with Crippen LogP contribution in [0.5, 0.6) is 0 Å². The van der Waals surface area contributed by atoms with Crippen LogP contribution in [0.2, 0.25) is 5.02 Å². The lowest BCUT2D eigenvalue weighted by Crippen LogP contribution is -2.04. The molecule has 26 heavy (non-hydrogen) atoms. The Labute approximate surface area is 156 Å². The van der Waals surface area contributed by atoms with Crippen LogP contribution in [0.4, 0.5) is 23.1 Å². The van der Waals surface area contributed by atoms with Crippen molar-refractivity contribution in [3.63, 3.8) is 0 Å². The molecule has 3 aromatic rings. The van der Waals surface area contributed by atoms with E-state index in [0.29, 0.717) is 28.0 Å². The molecule has 0 aliphatic carbocycles. The number of esters is 1. The molecule has 1 heterocycles. The Morgan fingerprint density at radius 1 is 1.00 bits per heavy atom. The van der Waals surface area contributed by atoms with E-state index in [2.05, 4.69) is 20.6 Å². The van der Waals surface area contributed by atoms with Gasteiger partial charge in [-0.25, -0.2) is 9.78 Å². The van der Waals surface area contributed by atoms with Crippen molar-refractivity contribution in [2.75, 3.05) is 17.7 Å². The molecule has 0 unspecified atom stereocenters. The number of carbonyl (C=O) groups is 1. The number of nitrogens with zero attached hydrogens (tertiary/aromatic N) is 2. The molecule has 3 rings (SSSR count). The van der Waals surface area contributed by atoms with Gasteiger partial charge in [-0.15, -0.1) is 0 Å². The second kappa shape index (κ2) is 7.84. The molecule has 2 aromatic carbocycles. The molecule has 0 fully saturated rings. The molecule has 2 N–H and O–H groups in total. The Morgan fingerprint density at radius 3 is 2.50 bits per heavy atom. The van der Waals surface area contributed by atoms with Gasteiger partial charge in [0, 0.05) is 28.2 Å². The molecule has 132 valence electrons. The van der Waals surface area contributed by atoms with Gasteiger partial charge in [0.2, 0.25) is 5.95 Å². The summed E-state index contributed by atoms with van der Waals surface area (Å²) in [4.78, 5) is 20.5. The Balaban J connectivity index is 1.81. The summed E-state index contributed by atoms with van der Waals surface area (Å²) >= 11 is 5.90. The maximum absolute atomic E-state index is 11.7. The van der Waals surface area contributed by atoms with Gasteiger partial charge in [0.15, 0.2) is 0 Å². The van der Waals surface area contributed by atoms with Crippen molar-refractivity contribution in [2.45, 2.75) is 6.92 Å². The van der Waals surface area contributed by atoms with Crippen LogP contribution in [0.15, 0.2) is 54.6 Å². The predicted octanol–water partition coefficient (Wildman–Crippen LogP) is 4.71. The Hall–Kier alpha value is -3.12. The van der Waals surface area contributed by atoms with E-state index >= 15 is 0 Å². The highest BCUT2D eigenvalue weighted by Gasteiger charge is 2.08. The number of anilines is 4. The minimum atomic E-state index is -0.399. The highest BCUT2D eigenvalue weighted by Crippen LogP contribution is 2.21. The van der Waals surface area contributed by atoms with E-state index in [9.17, 15) is 4.79 Å². The third-order valence-electron chi connectivity index (χ3n) is 3.51. The molecule has 6 nitrogen and oxygen atoms in total. The van der Waals surface area contributed by atoms with Crippen LogP contribution in [0.3, 0.4) is 0 Å². The van der Waals surface area contributed by atoms with Crippen molar-refractivity contribution in [1.29, 1.82) is 0 Å². The highest BCUT2D eigenvalue weighted by molar-refractivity contribution is 6.30. The van der Waals surface area contributed by atoms with E-state index < -0.39 is 5.97 Å². The lowest BCUT2D eigenvalue weighted by Gasteiger charge is -2.10. The maximum Gasteiger partial charge on any atom is 0.337 e. The SMILES string of the molecule is COC(=O)c1cccc(Nc2nc(C)cc(Nc3ccc(Cl)cc3)n2)c1. The third kappa shape index (κ3) is 4.49. The van der Waals surface area contributed by atoms with Crippen LogP contribution in [-0.2, 0) is 4.74 Å². The molecule has 0 aliphatic rings. The summed E-state index contributed by atoms with van der Waals surface area (Å²) in [6.07, 6.45) is 0. The van der Waals surface area contributed by atoms with Crippen molar-refractivity contribution in [3.8, 4) is 0 Å². The van der Waals surface area contributed by atoms with Gasteiger partial charge in [-0.05, 0) is 49.4 Å². The summed E-state index contributed by atoms with van der Waals surface area (Å²) in [5.74, 6) is 0.666. The summed E-state index contributed by atoms with van der Waals surface area (Å²) in [5.41, 5.74) is 2.80. The van der Waals surface area contributed by atoms with Crippen LogP contribution >= 0.6 is 11.6 Å². The Morgan fingerprint density at radius 2 is 1.77 bits per heavy atom. The molecule has 0 amide bonds. The summed E-state index contributed by atoms with van der Waals surface area (Å²) in [6.45, 7) is 1.88. The van der Waals surface area contributed by atoms with Gasteiger partial charge in [-0.1, -0.05) is 17.7 Å². The minimum Gasteiger partial charge on any atom is -0.465 e. The summed E-state index contributed by atoms with van der Waals surface area (Å²) in [5, 5.41) is 6.99.